The number of hydrogen-bond acceptors (Lipinski definition) is 2. The molecular weight excluding hydrogens is 256 g/mol. The smallest absolute Gasteiger partial charge is 0.326 e. The number of amides is 2. The molecule has 0 aliphatic heterocycles. The summed E-state index contributed by atoms with van der Waals surface area (Å²) in [5.41, 5.74) is 2.32. The summed E-state index contributed by atoms with van der Waals surface area (Å²) < 4.78 is 0. The van der Waals surface area contributed by atoms with Crippen molar-refractivity contribution >= 4 is 12.0 Å². The van der Waals surface area contributed by atoms with Gasteiger partial charge in [-0.2, -0.15) is 0 Å². The van der Waals surface area contributed by atoms with E-state index in [1.54, 1.807) is 13.8 Å². The van der Waals surface area contributed by atoms with Crippen molar-refractivity contribution in [1.29, 1.82) is 0 Å². The fourth-order valence-corrected chi connectivity index (χ4v) is 1.89. The van der Waals surface area contributed by atoms with Crippen molar-refractivity contribution in [2.24, 2.45) is 5.92 Å². The first kappa shape index (κ1) is 16.0. The Morgan fingerprint density at radius 3 is 2.55 bits per heavy atom. The minimum Gasteiger partial charge on any atom is -0.480 e. The molecule has 5 heteroatoms. The number of carbonyl (C=O) groups excluding carboxylic acids is 1. The zero-order valence-electron chi connectivity index (χ0n) is 12.1. The minimum atomic E-state index is -1.02. The van der Waals surface area contributed by atoms with Crippen LogP contribution in [0.2, 0.25) is 0 Å². The molecule has 1 rings (SSSR count). The van der Waals surface area contributed by atoms with Gasteiger partial charge in [-0.3, -0.25) is 0 Å². The van der Waals surface area contributed by atoms with Crippen molar-refractivity contribution in [2.75, 3.05) is 6.54 Å². The van der Waals surface area contributed by atoms with E-state index in [2.05, 4.69) is 16.7 Å². The van der Waals surface area contributed by atoms with E-state index in [9.17, 15) is 9.59 Å². The third kappa shape index (κ3) is 5.30. The van der Waals surface area contributed by atoms with Crippen molar-refractivity contribution in [3.8, 4) is 0 Å². The number of rotatable bonds is 6. The van der Waals surface area contributed by atoms with E-state index < -0.39 is 18.0 Å². The second-order valence-corrected chi connectivity index (χ2v) is 5.20. The molecule has 5 nitrogen and oxygen atoms in total. The van der Waals surface area contributed by atoms with Gasteiger partial charge in [-0.15, -0.1) is 0 Å². The van der Waals surface area contributed by atoms with Gasteiger partial charge in [0.2, 0.25) is 0 Å². The second kappa shape index (κ2) is 7.53. The van der Waals surface area contributed by atoms with Gasteiger partial charge in [0.25, 0.3) is 0 Å². The standard InChI is InChI=1S/C15H22N2O3/c1-10(2)13(14(18)19)17-15(20)16-8-7-12-6-4-5-11(3)9-12/h4-6,9-10,13H,7-8H2,1-3H3,(H,18,19)(H2,16,17,20). The van der Waals surface area contributed by atoms with Gasteiger partial charge in [-0.1, -0.05) is 43.7 Å². The van der Waals surface area contributed by atoms with E-state index in [-0.39, 0.29) is 5.92 Å². The number of aliphatic carboxylic acids is 1. The number of benzene rings is 1. The highest BCUT2D eigenvalue weighted by Gasteiger charge is 2.22. The van der Waals surface area contributed by atoms with Crippen LogP contribution in [-0.2, 0) is 11.2 Å². The monoisotopic (exact) mass is 278 g/mol. The average molecular weight is 278 g/mol. The minimum absolute atomic E-state index is 0.157. The Morgan fingerprint density at radius 2 is 2.00 bits per heavy atom. The number of urea groups is 1. The fourth-order valence-electron chi connectivity index (χ4n) is 1.89. The molecule has 0 radical (unpaired) electrons. The van der Waals surface area contributed by atoms with Crippen molar-refractivity contribution in [2.45, 2.75) is 33.2 Å². The molecule has 0 heterocycles. The molecule has 0 aromatic heterocycles. The van der Waals surface area contributed by atoms with E-state index in [4.69, 9.17) is 5.11 Å². The van der Waals surface area contributed by atoms with Crippen LogP contribution in [0.3, 0.4) is 0 Å². The van der Waals surface area contributed by atoms with Crippen molar-refractivity contribution in [1.82, 2.24) is 10.6 Å². The summed E-state index contributed by atoms with van der Waals surface area (Å²) in [6.07, 6.45) is 0.717. The number of hydrogen-bond donors (Lipinski definition) is 3. The lowest BCUT2D eigenvalue weighted by Gasteiger charge is -2.18. The average Bonchev–Trinajstić information content (AvgIpc) is 2.35. The molecule has 110 valence electrons. The van der Waals surface area contributed by atoms with Crippen LogP contribution < -0.4 is 10.6 Å². The SMILES string of the molecule is Cc1cccc(CCNC(=O)NC(C(=O)O)C(C)C)c1. The first-order chi connectivity index (χ1) is 9.40. The second-order valence-electron chi connectivity index (χ2n) is 5.20. The van der Waals surface area contributed by atoms with Crippen LogP contribution in [-0.4, -0.2) is 29.7 Å². The highest BCUT2D eigenvalue weighted by molar-refractivity contribution is 5.82. The van der Waals surface area contributed by atoms with Crippen molar-refractivity contribution < 1.29 is 14.7 Å². The van der Waals surface area contributed by atoms with E-state index in [0.717, 1.165) is 5.56 Å². The first-order valence-corrected chi connectivity index (χ1v) is 6.73. The van der Waals surface area contributed by atoms with Crippen molar-refractivity contribution in [3.63, 3.8) is 0 Å². The number of aryl methyl sites for hydroxylation is 1. The summed E-state index contributed by atoms with van der Waals surface area (Å²) in [6.45, 7) is 6.00. The highest BCUT2D eigenvalue weighted by atomic mass is 16.4. The lowest BCUT2D eigenvalue weighted by atomic mass is 10.1. The van der Waals surface area contributed by atoms with Crippen molar-refractivity contribution in [3.05, 3.63) is 35.4 Å². The lowest BCUT2D eigenvalue weighted by molar-refractivity contribution is -0.140. The Bertz CT molecular complexity index is 472. The van der Waals surface area contributed by atoms with E-state index in [1.165, 1.54) is 5.56 Å². The van der Waals surface area contributed by atoms with E-state index in [1.807, 2.05) is 25.1 Å². The number of nitrogens with one attached hydrogen (secondary N) is 2. The van der Waals surface area contributed by atoms with Crippen LogP contribution in [0.15, 0.2) is 24.3 Å². The van der Waals surface area contributed by atoms with Crippen LogP contribution in [0.1, 0.15) is 25.0 Å². The summed E-state index contributed by atoms with van der Waals surface area (Å²) in [6, 6.07) is 6.75. The normalized spacial score (nSPS) is 12.0. The van der Waals surface area contributed by atoms with Crippen LogP contribution >= 0.6 is 0 Å². The zero-order chi connectivity index (χ0) is 15.1. The van der Waals surface area contributed by atoms with Gasteiger partial charge in [0.1, 0.15) is 6.04 Å². The molecule has 0 aliphatic rings. The van der Waals surface area contributed by atoms with Gasteiger partial charge in [0, 0.05) is 6.54 Å². The topological polar surface area (TPSA) is 78.4 Å². The summed E-state index contributed by atoms with van der Waals surface area (Å²) in [4.78, 5) is 22.6. The number of carboxylic acid groups (broad SMARTS) is 1. The lowest BCUT2D eigenvalue weighted by Crippen LogP contribution is -2.48. The Balaban J connectivity index is 2.38. The van der Waals surface area contributed by atoms with E-state index >= 15 is 0 Å². The number of carbonyl (C=O) groups is 2. The third-order valence-electron chi connectivity index (χ3n) is 3.00. The zero-order valence-corrected chi connectivity index (χ0v) is 12.1. The maximum Gasteiger partial charge on any atom is 0.326 e. The molecule has 20 heavy (non-hydrogen) atoms. The molecule has 2 amide bonds. The summed E-state index contributed by atoms with van der Waals surface area (Å²) >= 11 is 0. The quantitative estimate of drug-likeness (QED) is 0.744. The molecule has 0 spiro atoms. The van der Waals surface area contributed by atoms with Gasteiger partial charge < -0.3 is 15.7 Å². The van der Waals surface area contributed by atoms with Gasteiger partial charge in [0.15, 0.2) is 0 Å². The third-order valence-corrected chi connectivity index (χ3v) is 3.00. The molecule has 1 unspecified atom stereocenters. The molecule has 1 aromatic rings. The fraction of sp³-hybridized carbons (Fsp3) is 0.467. The molecule has 1 aromatic carbocycles. The molecule has 0 bridgehead atoms. The highest BCUT2D eigenvalue weighted by Crippen LogP contribution is 2.04. The van der Waals surface area contributed by atoms with E-state index in [0.29, 0.717) is 13.0 Å². The molecular formula is C15H22N2O3. The van der Waals surface area contributed by atoms with Gasteiger partial charge >= 0.3 is 12.0 Å². The van der Waals surface area contributed by atoms with Gasteiger partial charge in [-0.25, -0.2) is 9.59 Å². The maximum absolute atomic E-state index is 11.6. The molecule has 0 aliphatic carbocycles. The largest absolute Gasteiger partial charge is 0.480 e. The van der Waals surface area contributed by atoms with Crippen LogP contribution in [0.25, 0.3) is 0 Å². The summed E-state index contributed by atoms with van der Waals surface area (Å²) in [5.74, 6) is -1.18. The Kier molecular flexibility index (Phi) is 6.03. The van der Waals surface area contributed by atoms with Crippen LogP contribution in [0, 0.1) is 12.8 Å². The number of carboxylic acids is 1. The van der Waals surface area contributed by atoms with Crippen LogP contribution in [0.5, 0.6) is 0 Å². The Labute approximate surface area is 119 Å². The summed E-state index contributed by atoms with van der Waals surface area (Å²) in [5, 5.41) is 14.1. The Morgan fingerprint density at radius 1 is 1.30 bits per heavy atom. The Hall–Kier alpha value is -2.04. The first-order valence-electron chi connectivity index (χ1n) is 6.73. The summed E-state index contributed by atoms with van der Waals surface area (Å²) in [7, 11) is 0. The molecule has 0 saturated carbocycles. The molecule has 1 atom stereocenters. The predicted octanol–water partition coefficient (Wildman–Crippen LogP) is 1.95. The maximum atomic E-state index is 11.6. The van der Waals surface area contributed by atoms with Gasteiger partial charge in [-0.05, 0) is 24.8 Å². The predicted molar refractivity (Wildman–Crippen MR) is 77.7 cm³/mol. The molecule has 0 fully saturated rings. The van der Waals surface area contributed by atoms with Crippen LogP contribution in [0.4, 0.5) is 4.79 Å². The van der Waals surface area contributed by atoms with Gasteiger partial charge in [0.05, 0.1) is 0 Å². The molecule has 3 N–H and O–H groups in total. The molecule has 0 saturated heterocycles.